The van der Waals surface area contributed by atoms with E-state index >= 15 is 0 Å². The number of guanidine groups is 1. The Balaban J connectivity index is 0.00000392. The van der Waals surface area contributed by atoms with E-state index in [4.69, 9.17) is 16.3 Å². The smallest absolute Gasteiger partial charge is 0.252 e. The molecule has 1 aliphatic rings. The van der Waals surface area contributed by atoms with Crippen molar-refractivity contribution in [2.24, 2.45) is 4.99 Å². The highest BCUT2D eigenvalue weighted by atomic mass is 127. The quantitative estimate of drug-likeness (QED) is 0.220. The van der Waals surface area contributed by atoms with Crippen molar-refractivity contribution in [2.75, 3.05) is 53.0 Å². The topological polar surface area (TPSA) is 78.0 Å². The second-order valence-corrected chi connectivity index (χ2v) is 7.41. The fraction of sp³-hybridized carbons (Fsp3) is 0.579. The summed E-state index contributed by atoms with van der Waals surface area (Å²) in [6.45, 7) is 9.65. The van der Waals surface area contributed by atoms with E-state index in [1.54, 1.807) is 31.3 Å². The highest BCUT2D eigenvalue weighted by Gasteiger charge is 2.28. The SMILES string of the molecule is CN=C(NCCNC(=O)c1ccccc1Cl)NCC(C)(C)N1CCOCC1.I. The van der Waals surface area contributed by atoms with Gasteiger partial charge in [0.15, 0.2) is 5.96 Å². The second kappa shape index (κ2) is 12.5. The molecule has 0 radical (unpaired) electrons. The van der Waals surface area contributed by atoms with Crippen molar-refractivity contribution >= 4 is 47.4 Å². The van der Waals surface area contributed by atoms with Crippen molar-refractivity contribution in [1.82, 2.24) is 20.9 Å². The molecular formula is C19H31ClIN5O2. The third kappa shape index (κ3) is 7.73. The molecule has 1 heterocycles. The molecule has 1 aromatic rings. The van der Waals surface area contributed by atoms with Gasteiger partial charge in [0.1, 0.15) is 0 Å². The zero-order chi connectivity index (χ0) is 19.7. The van der Waals surface area contributed by atoms with Crippen molar-refractivity contribution in [3.05, 3.63) is 34.9 Å². The zero-order valence-corrected chi connectivity index (χ0v) is 19.8. The van der Waals surface area contributed by atoms with Crippen LogP contribution >= 0.6 is 35.6 Å². The van der Waals surface area contributed by atoms with Gasteiger partial charge in [-0.25, -0.2) is 0 Å². The maximum atomic E-state index is 12.1. The molecule has 9 heteroatoms. The first-order valence-corrected chi connectivity index (χ1v) is 9.62. The monoisotopic (exact) mass is 523 g/mol. The number of nitrogens with one attached hydrogen (secondary N) is 3. The Morgan fingerprint density at radius 1 is 1.18 bits per heavy atom. The molecule has 0 atom stereocenters. The van der Waals surface area contributed by atoms with Gasteiger partial charge in [0.25, 0.3) is 5.91 Å². The summed E-state index contributed by atoms with van der Waals surface area (Å²) in [5, 5.41) is 9.88. The van der Waals surface area contributed by atoms with Crippen LogP contribution in [0.5, 0.6) is 0 Å². The number of aliphatic imine (C=N–C) groups is 1. The Bertz CT molecular complexity index is 651. The molecule has 1 aromatic carbocycles. The van der Waals surface area contributed by atoms with Gasteiger partial charge in [0, 0.05) is 45.3 Å². The molecule has 0 aromatic heterocycles. The van der Waals surface area contributed by atoms with Crippen molar-refractivity contribution in [3.63, 3.8) is 0 Å². The van der Waals surface area contributed by atoms with Crippen LogP contribution in [0.2, 0.25) is 5.02 Å². The van der Waals surface area contributed by atoms with Crippen LogP contribution in [-0.2, 0) is 4.74 Å². The largest absolute Gasteiger partial charge is 0.379 e. The van der Waals surface area contributed by atoms with Crippen LogP contribution in [0.15, 0.2) is 29.3 Å². The molecule has 7 nitrogen and oxygen atoms in total. The summed E-state index contributed by atoms with van der Waals surface area (Å²) in [7, 11) is 1.74. The molecule has 28 heavy (non-hydrogen) atoms. The maximum Gasteiger partial charge on any atom is 0.252 e. The first kappa shape index (κ1) is 24.9. The number of ether oxygens (including phenoxy) is 1. The maximum absolute atomic E-state index is 12.1. The van der Waals surface area contributed by atoms with Gasteiger partial charge in [-0.1, -0.05) is 23.7 Å². The van der Waals surface area contributed by atoms with Crippen LogP contribution in [0.4, 0.5) is 0 Å². The Hall–Kier alpha value is -1.10. The summed E-state index contributed by atoms with van der Waals surface area (Å²) in [6.07, 6.45) is 0. The number of hydrogen-bond donors (Lipinski definition) is 3. The molecule has 0 aliphatic carbocycles. The Kier molecular flexibility index (Phi) is 11.1. The fourth-order valence-electron chi connectivity index (χ4n) is 2.90. The molecule has 2 rings (SSSR count). The average Bonchev–Trinajstić information content (AvgIpc) is 2.68. The minimum atomic E-state index is -0.182. The van der Waals surface area contributed by atoms with Gasteiger partial charge in [-0.05, 0) is 26.0 Å². The van der Waals surface area contributed by atoms with E-state index in [2.05, 4.69) is 39.7 Å². The van der Waals surface area contributed by atoms with Crippen LogP contribution in [0.1, 0.15) is 24.2 Å². The summed E-state index contributed by atoms with van der Waals surface area (Å²) in [6, 6.07) is 7.01. The lowest BCUT2D eigenvalue weighted by molar-refractivity contribution is -0.00833. The standard InChI is InChI=1S/C19H30ClN5O2.HI/c1-19(2,25-10-12-27-13-11-25)14-24-18(21-3)23-9-8-22-17(26)15-6-4-5-7-16(15)20;/h4-7H,8-14H2,1-3H3,(H,22,26)(H2,21,23,24);1H. The minimum absolute atomic E-state index is 0. The Morgan fingerprint density at radius 2 is 1.82 bits per heavy atom. The predicted octanol–water partition coefficient (Wildman–Crippen LogP) is 1.96. The van der Waals surface area contributed by atoms with E-state index in [0.717, 1.165) is 32.8 Å². The molecule has 0 bridgehead atoms. The van der Waals surface area contributed by atoms with Crippen molar-refractivity contribution in [2.45, 2.75) is 19.4 Å². The number of halogens is 2. The summed E-state index contributed by atoms with van der Waals surface area (Å²) in [5.41, 5.74) is 0.480. The van der Waals surface area contributed by atoms with E-state index in [9.17, 15) is 4.79 Å². The lowest BCUT2D eigenvalue weighted by Gasteiger charge is -2.41. The highest BCUT2D eigenvalue weighted by molar-refractivity contribution is 14.0. The molecule has 1 aliphatic heterocycles. The van der Waals surface area contributed by atoms with Crippen LogP contribution in [0, 0.1) is 0 Å². The first-order valence-electron chi connectivity index (χ1n) is 9.24. The fourth-order valence-corrected chi connectivity index (χ4v) is 3.12. The molecule has 0 unspecified atom stereocenters. The Labute approximate surface area is 189 Å². The van der Waals surface area contributed by atoms with Crippen molar-refractivity contribution in [1.29, 1.82) is 0 Å². The molecular weight excluding hydrogens is 493 g/mol. The molecule has 0 saturated carbocycles. The molecule has 0 spiro atoms. The van der Waals surface area contributed by atoms with E-state index in [1.165, 1.54) is 0 Å². The number of amides is 1. The van der Waals surface area contributed by atoms with Gasteiger partial charge >= 0.3 is 0 Å². The second-order valence-electron chi connectivity index (χ2n) is 7.00. The third-order valence-corrected chi connectivity index (χ3v) is 4.93. The van der Waals surface area contributed by atoms with Gasteiger partial charge in [-0.15, -0.1) is 24.0 Å². The number of carbonyl (C=O) groups excluding carboxylic acids is 1. The van der Waals surface area contributed by atoms with E-state index in [0.29, 0.717) is 29.6 Å². The first-order chi connectivity index (χ1) is 12.9. The summed E-state index contributed by atoms with van der Waals surface area (Å²) < 4.78 is 5.42. The van der Waals surface area contributed by atoms with Gasteiger partial charge in [0.05, 0.1) is 23.8 Å². The lowest BCUT2D eigenvalue weighted by atomic mass is 10.0. The van der Waals surface area contributed by atoms with Crippen LogP contribution in [0.3, 0.4) is 0 Å². The van der Waals surface area contributed by atoms with Gasteiger partial charge in [0.2, 0.25) is 0 Å². The summed E-state index contributed by atoms with van der Waals surface area (Å²) >= 11 is 6.04. The van der Waals surface area contributed by atoms with Gasteiger partial charge < -0.3 is 20.7 Å². The number of morpholine rings is 1. The number of carbonyl (C=O) groups is 1. The number of nitrogens with zero attached hydrogens (tertiary/aromatic N) is 2. The Morgan fingerprint density at radius 3 is 2.46 bits per heavy atom. The predicted molar refractivity (Wildman–Crippen MR) is 125 cm³/mol. The number of benzene rings is 1. The lowest BCUT2D eigenvalue weighted by Crippen LogP contribution is -2.56. The minimum Gasteiger partial charge on any atom is -0.379 e. The highest BCUT2D eigenvalue weighted by Crippen LogP contribution is 2.15. The van der Waals surface area contributed by atoms with Gasteiger partial charge in [-0.3, -0.25) is 14.7 Å². The molecule has 158 valence electrons. The van der Waals surface area contributed by atoms with Crippen molar-refractivity contribution in [3.8, 4) is 0 Å². The normalized spacial score (nSPS) is 15.5. The van der Waals surface area contributed by atoms with E-state index in [1.807, 2.05) is 0 Å². The zero-order valence-electron chi connectivity index (χ0n) is 16.8. The molecule has 3 N–H and O–H groups in total. The average molecular weight is 524 g/mol. The molecule has 1 amide bonds. The number of hydrogen-bond acceptors (Lipinski definition) is 4. The third-order valence-electron chi connectivity index (χ3n) is 4.60. The van der Waals surface area contributed by atoms with E-state index in [-0.39, 0.29) is 35.4 Å². The van der Waals surface area contributed by atoms with E-state index < -0.39 is 0 Å². The molecule has 1 fully saturated rings. The summed E-state index contributed by atoms with van der Waals surface area (Å²) in [4.78, 5) is 18.8. The summed E-state index contributed by atoms with van der Waals surface area (Å²) in [5.74, 6) is 0.530. The van der Waals surface area contributed by atoms with Crippen LogP contribution < -0.4 is 16.0 Å². The van der Waals surface area contributed by atoms with Crippen LogP contribution in [0.25, 0.3) is 0 Å². The van der Waals surface area contributed by atoms with Crippen molar-refractivity contribution < 1.29 is 9.53 Å². The van der Waals surface area contributed by atoms with Gasteiger partial charge in [-0.2, -0.15) is 0 Å². The van der Waals surface area contributed by atoms with Crippen LogP contribution in [-0.4, -0.2) is 75.3 Å². The number of rotatable bonds is 7. The molecule has 1 saturated heterocycles.